The van der Waals surface area contributed by atoms with Crippen molar-refractivity contribution >= 4 is 44.5 Å². The van der Waals surface area contributed by atoms with Crippen molar-refractivity contribution < 1.29 is 9.72 Å². The minimum atomic E-state index is -0.456. The third kappa shape index (κ3) is 3.06. The fourth-order valence-electron chi connectivity index (χ4n) is 2.86. The first kappa shape index (κ1) is 16.9. The van der Waals surface area contributed by atoms with Crippen molar-refractivity contribution in [1.82, 2.24) is 9.38 Å². The van der Waals surface area contributed by atoms with Gasteiger partial charge in [0.25, 0.3) is 5.69 Å². The van der Waals surface area contributed by atoms with Crippen molar-refractivity contribution in [2.24, 2.45) is 0 Å². The number of imidazole rings is 1. The zero-order valence-electron chi connectivity index (χ0n) is 14.2. The van der Waals surface area contributed by atoms with E-state index in [0.717, 1.165) is 21.7 Å². The first-order valence-corrected chi connectivity index (χ1v) is 8.95. The van der Waals surface area contributed by atoms with E-state index in [1.54, 1.807) is 12.1 Å². The molecule has 8 heteroatoms. The van der Waals surface area contributed by atoms with Crippen LogP contribution in [-0.4, -0.2) is 20.1 Å². The number of nitro benzene ring substituents is 1. The van der Waals surface area contributed by atoms with Crippen molar-refractivity contribution in [3.63, 3.8) is 0 Å². The summed E-state index contributed by atoms with van der Waals surface area (Å²) in [6, 6.07) is 13.8. The van der Waals surface area contributed by atoms with Crippen LogP contribution in [0.4, 0.5) is 11.4 Å². The molecule has 4 aromatic rings. The van der Waals surface area contributed by atoms with Crippen molar-refractivity contribution in [1.29, 1.82) is 0 Å². The zero-order chi connectivity index (χ0) is 19.0. The third-order valence-corrected chi connectivity index (χ3v) is 5.33. The second-order valence-corrected chi connectivity index (χ2v) is 6.86. The van der Waals surface area contributed by atoms with E-state index < -0.39 is 4.92 Å². The number of hydrogen-bond donors (Lipinski definition) is 1. The van der Waals surface area contributed by atoms with E-state index in [4.69, 9.17) is 0 Å². The highest BCUT2D eigenvalue weighted by molar-refractivity contribution is 7.19. The number of aromatic nitrogens is 2. The Kier molecular flexibility index (Phi) is 4.17. The molecule has 0 spiro atoms. The number of non-ortho nitro benzene ring substituents is 1. The Labute approximate surface area is 157 Å². The second-order valence-electron chi connectivity index (χ2n) is 5.88. The molecule has 0 fully saturated rings. The Morgan fingerprint density at radius 1 is 1.22 bits per heavy atom. The second kappa shape index (κ2) is 6.65. The topological polar surface area (TPSA) is 89.5 Å². The van der Waals surface area contributed by atoms with Crippen molar-refractivity contribution in [3.8, 4) is 0 Å². The molecule has 27 heavy (non-hydrogen) atoms. The molecule has 0 bridgehead atoms. The van der Waals surface area contributed by atoms with E-state index in [-0.39, 0.29) is 11.5 Å². The minimum Gasteiger partial charge on any atom is -0.362 e. The largest absolute Gasteiger partial charge is 0.362 e. The van der Waals surface area contributed by atoms with Gasteiger partial charge in [-0.05, 0) is 31.2 Å². The summed E-state index contributed by atoms with van der Waals surface area (Å²) in [4.78, 5) is 28.7. The maximum absolute atomic E-state index is 12.6. The number of fused-ring (bicyclic) bond motifs is 3. The van der Waals surface area contributed by atoms with Crippen LogP contribution in [0.1, 0.15) is 15.4 Å². The number of aryl methyl sites for hydroxylation is 1. The number of rotatable bonds is 5. The summed E-state index contributed by atoms with van der Waals surface area (Å²) in [6.07, 6.45) is 2.98. The molecule has 7 nitrogen and oxygen atoms in total. The number of carbonyl (C=O) groups excluding carboxylic acids is 1. The number of allylic oxidation sites excluding steroid dienone is 1. The van der Waals surface area contributed by atoms with Crippen molar-refractivity contribution in [3.05, 3.63) is 81.5 Å². The van der Waals surface area contributed by atoms with Gasteiger partial charge < -0.3 is 5.32 Å². The first-order chi connectivity index (χ1) is 13.0. The molecule has 0 atom stereocenters. The SMILES string of the molecule is Cc1c(C(=O)/C=C/Nc2ccc([N+](=O)[O-])cc2)sc2nc3ccccc3n12. The maximum atomic E-state index is 12.6. The summed E-state index contributed by atoms with van der Waals surface area (Å²) in [7, 11) is 0. The molecule has 0 aliphatic carbocycles. The summed E-state index contributed by atoms with van der Waals surface area (Å²) in [5.41, 5.74) is 3.42. The number of hydrogen-bond acceptors (Lipinski definition) is 6. The number of nitrogens with zero attached hydrogens (tertiary/aromatic N) is 3. The lowest BCUT2D eigenvalue weighted by Gasteiger charge is -2.00. The number of benzene rings is 2. The Balaban J connectivity index is 1.55. The molecule has 1 N–H and O–H groups in total. The van der Waals surface area contributed by atoms with Crippen molar-refractivity contribution in [2.45, 2.75) is 6.92 Å². The smallest absolute Gasteiger partial charge is 0.269 e. The number of thiazole rings is 1. The Morgan fingerprint density at radius 3 is 2.70 bits per heavy atom. The molecular formula is C19H14N4O3S. The predicted molar refractivity (Wildman–Crippen MR) is 106 cm³/mol. The Bertz CT molecular complexity index is 1210. The molecule has 2 aromatic carbocycles. The molecule has 2 aromatic heterocycles. The average molecular weight is 378 g/mol. The monoisotopic (exact) mass is 378 g/mol. The molecule has 0 aliphatic heterocycles. The average Bonchev–Trinajstić information content (AvgIpc) is 3.18. The highest BCUT2D eigenvalue weighted by Gasteiger charge is 2.17. The van der Waals surface area contributed by atoms with E-state index in [9.17, 15) is 14.9 Å². The predicted octanol–water partition coefficient (Wildman–Crippen LogP) is 4.57. The fourth-order valence-corrected chi connectivity index (χ4v) is 3.92. The molecule has 134 valence electrons. The summed E-state index contributed by atoms with van der Waals surface area (Å²) in [5.74, 6) is -0.124. The lowest BCUT2D eigenvalue weighted by atomic mass is 10.2. The zero-order valence-corrected chi connectivity index (χ0v) is 15.1. The van der Waals surface area contributed by atoms with Gasteiger partial charge in [-0.1, -0.05) is 23.5 Å². The van der Waals surface area contributed by atoms with Crippen LogP contribution in [-0.2, 0) is 0 Å². The van der Waals surface area contributed by atoms with Crippen LogP contribution in [0, 0.1) is 17.0 Å². The normalized spacial score (nSPS) is 11.4. The van der Waals surface area contributed by atoms with Gasteiger partial charge in [0, 0.05) is 35.8 Å². The number of anilines is 1. The van der Waals surface area contributed by atoms with Crippen LogP contribution in [0.2, 0.25) is 0 Å². The van der Waals surface area contributed by atoms with Gasteiger partial charge in [-0.3, -0.25) is 19.3 Å². The van der Waals surface area contributed by atoms with Crippen LogP contribution in [0.25, 0.3) is 16.0 Å². The van der Waals surface area contributed by atoms with Gasteiger partial charge in [0.15, 0.2) is 10.7 Å². The molecule has 2 heterocycles. The van der Waals surface area contributed by atoms with Crippen LogP contribution in [0.15, 0.2) is 60.8 Å². The summed E-state index contributed by atoms with van der Waals surface area (Å²) < 4.78 is 1.99. The number of nitro groups is 1. The quantitative estimate of drug-likeness (QED) is 0.238. The Hall–Kier alpha value is -3.52. The third-order valence-electron chi connectivity index (χ3n) is 4.17. The van der Waals surface area contributed by atoms with E-state index in [1.165, 1.54) is 35.7 Å². The van der Waals surface area contributed by atoms with Crippen molar-refractivity contribution in [2.75, 3.05) is 5.32 Å². The molecule has 0 saturated carbocycles. The molecule has 0 saturated heterocycles. The number of carbonyl (C=O) groups is 1. The molecule has 0 radical (unpaired) electrons. The van der Waals surface area contributed by atoms with Crippen LogP contribution >= 0.6 is 11.3 Å². The van der Waals surface area contributed by atoms with Gasteiger partial charge in [-0.25, -0.2) is 4.98 Å². The maximum Gasteiger partial charge on any atom is 0.269 e. The van der Waals surface area contributed by atoms with E-state index in [0.29, 0.717) is 10.6 Å². The lowest BCUT2D eigenvalue weighted by Crippen LogP contribution is -1.97. The van der Waals surface area contributed by atoms with Crippen LogP contribution in [0.5, 0.6) is 0 Å². The fraction of sp³-hybridized carbons (Fsp3) is 0.0526. The van der Waals surface area contributed by atoms with Crippen LogP contribution < -0.4 is 5.32 Å². The number of nitrogens with one attached hydrogen (secondary N) is 1. The molecule has 0 aliphatic rings. The van der Waals surface area contributed by atoms with Gasteiger partial charge in [-0.15, -0.1) is 0 Å². The standard InChI is InChI=1S/C19H14N4O3S/c1-12-18(27-19-21-15-4-2-3-5-16(15)22(12)19)17(24)10-11-20-13-6-8-14(9-7-13)23(25)26/h2-11,20H,1H3/b11-10+. The minimum absolute atomic E-state index is 0.0189. The molecular weight excluding hydrogens is 364 g/mol. The van der Waals surface area contributed by atoms with Gasteiger partial charge in [-0.2, -0.15) is 0 Å². The van der Waals surface area contributed by atoms with E-state index in [2.05, 4.69) is 10.3 Å². The highest BCUT2D eigenvalue weighted by atomic mass is 32.1. The summed E-state index contributed by atoms with van der Waals surface area (Å²) in [6.45, 7) is 1.91. The number of ketones is 1. The van der Waals surface area contributed by atoms with E-state index in [1.807, 2.05) is 35.6 Å². The first-order valence-electron chi connectivity index (χ1n) is 8.13. The van der Waals surface area contributed by atoms with Gasteiger partial charge in [0.1, 0.15) is 0 Å². The lowest BCUT2D eigenvalue weighted by molar-refractivity contribution is -0.384. The Morgan fingerprint density at radius 2 is 1.96 bits per heavy atom. The molecule has 0 unspecified atom stereocenters. The highest BCUT2D eigenvalue weighted by Crippen LogP contribution is 2.28. The van der Waals surface area contributed by atoms with Gasteiger partial charge in [0.2, 0.25) is 0 Å². The molecule has 0 amide bonds. The molecule has 4 rings (SSSR count). The van der Waals surface area contributed by atoms with Crippen LogP contribution in [0.3, 0.4) is 0 Å². The van der Waals surface area contributed by atoms with E-state index >= 15 is 0 Å². The summed E-state index contributed by atoms with van der Waals surface area (Å²) >= 11 is 1.36. The van der Waals surface area contributed by atoms with Gasteiger partial charge >= 0.3 is 0 Å². The number of para-hydroxylation sites is 2. The van der Waals surface area contributed by atoms with Gasteiger partial charge in [0.05, 0.1) is 20.8 Å². The summed E-state index contributed by atoms with van der Waals surface area (Å²) in [5, 5.41) is 13.6.